The fraction of sp³-hybridized carbons (Fsp3) is 0.455. The Labute approximate surface area is 102 Å². The lowest BCUT2D eigenvalue weighted by Crippen LogP contribution is -2.38. The van der Waals surface area contributed by atoms with Crippen molar-refractivity contribution in [1.29, 1.82) is 0 Å². The van der Waals surface area contributed by atoms with Gasteiger partial charge >= 0.3 is 0 Å². The largest absolute Gasteiger partial charge is 0.508 e. The molecule has 1 rings (SSSR count). The number of hydrogen-bond acceptors (Lipinski definition) is 3. The number of hydrogen-bond donors (Lipinski definition) is 1. The van der Waals surface area contributed by atoms with E-state index in [0.717, 1.165) is 5.56 Å². The molecule has 0 saturated carbocycles. The Morgan fingerprint density at radius 2 is 1.59 bits per heavy atom. The van der Waals surface area contributed by atoms with E-state index in [1.165, 1.54) is 29.8 Å². The zero-order valence-electron chi connectivity index (χ0n) is 10.5. The molecule has 0 saturated heterocycles. The van der Waals surface area contributed by atoms with Crippen molar-refractivity contribution in [3.8, 4) is 5.75 Å². The van der Waals surface area contributed by atoms with Crippen molar-refractivity contribution in [2.75, 3.05) is 21.1 Å². The van der Waals surface area contributed by atoms with Crippen molar-refractivity contribution >= 4 is 10.2 Å². The van der Waals surface area contributed by atoms with Gasteiger partial charge in [0.25, 0.3) is 10.2 Å². The molecule has 0 fully saturated rings. The third kappa shape index (κ3) is 2.96. The van der Waals surface area contributed by atoms with E-state index >= 15 is 0 Å². The second-order valence-electron chi connectivity index (χ2n) is 4.07. The molecule has 0 bridgehead atoms. The van der Waals surface area contributed by atoms with Crippen LogP contribution < -0.4 is 0 Å². The molecule has 0 aliphatic rings. The Bertz CT molecular complexity index is 468. The lowest BCUT2D eigenvalue weighted by atomic mass is 10.1. The maximum Gasteiger partial charge on any atom is 0.281 e. The van der Waals surface area contributed by atoms with E-state index in [9.17, 15) is 13.5 Å². The third-order valence-corrected chi connectivity index (χ3v) is 4.71. The van der Waals surface area contributed by atoms with E-state index in [0.29, 0.717) is 0 Å². The van der Waals surface area contributed by atoms with Gasteiger partial charge in [0.05, 0.1) is 0 Å². The Kier molecular flexibility index (Phi) is 4.13. The lowest BCUT2D eigenvalue weighted by Gasteiger charge is -2.27. The minimum absolute atomic E-state index is 0.166. The smallest absolute Gasteiger partial charge is 0.281 e. The standard InChI is InChI=1S/C11H18N2O3S/c1-9(10-5-7-11(14)8-6-10)13(4)17(15,16)12(2)3/h5-9,14H,1-4H3. The van der Waals surface area contributed by atoms with Crippen molar-refractivity contribution in [2.24, 2.45) is 0 Å². The molecular weight excluding hydrogens is 240 g/mol. The molecule has 0 aliphatic heterocycles. The highest BCUT2D eigenvalue weighted by atomic mass is 32.2. The molecule has 1 aromatic carbocycles. The summed E-state index contributed by atoms with van der Waals surface area (Å²) in [5.74, 6) is 0.166. The molecule has 1 unspecified atom stereocenters. The molecule has 0 heterocycles. The first-order chi connectivity index (χ1) is 7.76. The van der Waals surface area contributed by atoms with Gasteiger partial charge in [0, 0.05) is 27.2 Å². The number of benzene rings is 1. The van der Waals surface area contributed by atoms with Crippen LogP contribution in [0.25, 0.3) is 0 Å². The topological polar surface area (TPSA) is 60.9 Å². The molecule has 96 valence electrons. The number of rotatable bonds is 4. The van der Waals surface area contributed by atoms with Gasteiger partial charge in [-0.3, -0.25) is 0 Å². The number of phenols is 1. The molecule has 17 heavy (non-hydrogen) atoms. The van der Waals surface area contributed by atoms with Gasteiger partial charge in [0.15, 0.2) is 0 Å². The highest BCUT2D eigenvalue weighted by Gasteiger charge is 2.26. The monoisotopic (exact) mass is 258 g/mol. The number of nitrogens with zero attached hydrogens (tertiary/aromatic N) is 2. The average molecular weight is 258 g/mol. The van der Waals surface area contributed by atoms with Crippen LogP contribution in [0, 0.1) is 0 Å². The van der Waals surface area contributed by atoms with E-state index < -0.39 is 10.2 Å². The SMILES string of the molecule is CC(c1ccc(O)cc1)N(C)S(=O)(=O)N(C)C. The maximum atomic E-state index is 11.9. The maximum absolute atomic E-state index is 11.9. The van der Waals surface area contributed by atoms with Crippen molar-refractivity contribution in [3.63, 3.8) is 0 Å². The van der Waals surface area contributed by atoms with Crippen LogP contribution in [0.3, 0.4) is 0 Å². The van der Waals surface area contributed by atoms with Crippen LogP contribution in [0.5, 0.6) is 5.75 Å². The fourth-order valence-corrected chi connectivity index (χ4v) is 2.46. The van der Waals surface area contributed by atoms with Crippen LogP contribution in [0.15, 0.2) is 24.3 Å². The van der Waals surface area contributed by atoms with Crippen molar-refractivity contribution < 1.29 is 13.5 Å². The minimum atomic E-state index is -3.43. The summed E-state index contributed by atoms with van der Waals surface area (Å²) in [5, 5.41) is 9.19. The van der Waals surface area contributed by atoms with Crippen LogP contribution in [0.4, 0.5) is 0 Å². The molecule has 1 N–H and O–H groups in total. The molecule has 0 amide bonds. The first-order valence-corrected chi connectivity index (χ1v) is 6.61. The van der Waals surface area contributed by atoms with E-state index in [2.05, 4.69) is 0 Å². The summed E-state index contributed by atoms with van der Waals surface area (Å²) in [6, 6.07) is 6.22. The fourth-order valence-electron chi connectivity index (χ4n) is 1.42. The molecule has 0 radical (unpaired) electrons. The van der Waals surface area contributed by atoms with Gasteiger partial charge < -0.3 is 5.11 Å². The summed E-state index contributed by atoms with van der Waals surface area (Å²) in [5.41, 5.74) is 0.829. The molecule has 5 nitrogen and oxygen atoms in total. The minimum Gasteiger partial charge on any atom is -0.508 e. The first kappa shape index (κ1) is 14.0. The summed E-state index contributed by atoms with van der Waals surface area (Å²) in [7, 11) is 1.10. The second kappa shape index (κ2) is 5.03. The van der Waals surface area contributed by atoms with Crippen LogP contribution in [0.1, 0.15) is 18.5 Å². The van der Waals surface area contributed by atoms with Crippen LogP contribution in [-0.2, 0) is 10.2 Å². The molecule has 1 aromatic rings. The quantitative estimate of drug-likeness (QED) is 0.882. The highest BCUT2D eigenvalue weighted by Crippen LogP contribution is 2.23. The van der Waals surface area contributed by atoms with Gasteiger partial charge in [-0.1, -0.05) is 12.1 Å². The van der Waals surface area contributed by atoms with Crippen LogP contribution in [-0.4, -0.2) is 43.3 Å². The van der Waals surface area contributed by atoms with E-state index in [1.54, 1.807) is 31.2 Å². The molecular formula is C11H18N2O3S. The van der Waals surface area contributed by atoms with E-state index in [-0.39, 0.29) is 11.8 Å². The highest BCUT2D eigenvalue weighted by molar-refractivity contribution is 7.86. The van der Waals surface area contributed by atoms with Gasteiger partial charge in [0.1, 0.15) is 5.75 Å². The lowest BCUT2D eigenvalue weighted by molar-refractivity contribution is 0.364. The predicted octanol–water partition coefficient (Wildman–Crippen LogP) is 1.19. The van der Waals surface area contributed by atoms with Gasteiger partial charge in [-0.25, -0.2) is 0 Å². The van der Waals surface area contributed by atoms with Crippen molar-refractivity contribution in [2.45, 2.75) is 13.0 Å². The van der Waals surface area contributed by atoms with Gasteiger partial charge in [0.2, 0.25) is 0 Å². The number of aromatic hydroxyl groups is 1. The summed E-state index contributed by atoms with van der Waals surface area (Å²) in [6.45, 7) is 1.80. The Morgan fingerprint density at radius 1 is 1.12 bits per heavy atom. The zero-order valence-corrected chi connectivity index (χ0v) is 11.3. The molecule has 0 aromatic heterocycles. The Balaban J connectivity index is 2.98. The Morgan fingerprint density at radius 3 is 2.00 bits per heavy atom. The molecule has 1 atom stereocenters. The summed E-state index contributed by atoms with van der Waals surface area (Å²) < 4.78 is 26.3. The van der Waals surface area contributed by atoms with Crippen molar-refractivity contribution in [3.05, 3.63) is 29.8 Å². The summed E-state index contributed by atoms with van der Waals surface area (Å²) >= 11 is 0. The molecule has 0 spiro atoms. The van der Waals surface area contributed by atoms with Crippen LogP contribution >= 0.6 is 0 Å². The normalized spacial score (nSPS) is 14.2. The molecule has 0 aliphatic carbocycles. The predicted molar refractivity (Wildman–Crippen MR) is 66.9 cm³/mol. The average Bonchev–Trinajstić information content (AvgIpc) is 2.27. The van der Waals surface area contributed by atoms with Crippen LogP contribution in [0.2, 0.25) is 0 Å². The second-order valence-corrected chi connectivity index (χ2v) is 6.28. The van der Waals surface area contributed by atoms with E-state index in [1.807, 2.05) is 0 Å². The van der Waals surface area contributed by atoms with Crippen molar-refractivity contribution in [1.82, 2.24) is 8.61 Å². The number of phenolic OH excluding ortho intramolecular Hbond substituents is 1. The summed E-state index contributed by atoms with van der Waals surface area (Å²) in [4.78, 5) is 0. The van der Waals surface area contributed by atoms with Gasteiger partial charge in [-0.05, 0) is 24.6 Å². The summed E-state index contributed by atoms with van der Waals surface area (Å²) in [6.07, 6.45) is 0. The zero-order chi connectivity index (χ0) is 13.2. The van der Waals surface area contributed by atoms with E-state index in [4.69, 9.17) is 0 Å². The van der Waals surface area contributed by atoms with Gasteiger partial charge in [-0.2, -0.15) is 17.0 Å². The Hall–Kier alpha value is -1.11. The van der Waals surface area contributed by atoms with Gasteiger partial charge in [-0.15, -0.1) is 0 Å². The molecule has 6 heteroatoms. The third-order valence-electron chi connectivity index (χ3n) is 2.75. The first-order valence-electron chi connectivity index (χ1n) is 5.21.